The third-order valence-electron chi connectivity index (χ3n) is 5.43. The molecule has 6 nitrogen and oxygen atoms in total. The lowest BCUT2D eigenvalue weighted by molar-refractivity contribution is -0.129. The van der Waals surface area contributed by atoms with Crippen LogP contribution in [-0.4, -0.2) is 40.3 Å². The fraction of sp³-hybridized carbons (Fsp3) is 0.222. The van der Waals surface area contributed by atoms with Crippen molar-refractivity contribution < 1.29 is 18.7 Å². The third kappa shape index (κ3) is 6.86. The van der Waals surface area contributed by atoms with Gasteiger partial charge in [-0.15, -0.1) is 0 Å². The number of ether oxygens (including phenoxy) is 1. The summed E-state index contributed by atoms with van der Waals surface area (Å²) in [6.07, 6.45) is 0.554. The van der Waals surface area contributed by atoms with Crippen LogP contribution < -0.4 is 10.1 Å². The van der Waals surface area contributed by atoms with Crippen LogP contribution in [-0.2, 0) is 16.0 Å². The molecule has 1 N–H and O–H groups in total. The molecule has 3 aromatic carbocycles. The first-order chi connectivity index (χ1) is 17.4. The fourth-order valence-corrected chi connectivity index (χ4v) is 4.88. The summed E-state index contributed by atoms with van der Waals surface area (Å²) in [5.74, 6) is -0.149. The largest absolute Gasteiger partial charge is 0.494 e. The number of aliphatic imine (C=N–C) groups is 1. The van der Waals surface area contributed by atoms with Crippen LogP contribution in [0.15, 0.2) is 77.8 Å². The molecule has 4 rings (SSSR count). The minimum absolute atomic E-state index is 0.0324. The van der Waals surface area contributed by atoms with E-state index in [2.05, 4.69) is 10.3 Å². The molecule has 9 heteroatoms. The number of anilines is 1. The predicted molar refractivity (Wildman–Crippen MR) is 143 cm³/mol. The Morgan fingerprint density at radius 2 is 1.92 bits per heavy atom. The van der Waals surface area contributed by atoms with E-state index in [4.69, 9.17) is 16.3 Å². The van der Waals surface area contributed by atoms with Crippen molar-refractivity contribution >= 4 is 51.7 Å². The van der Waals surface area contributed by atoms with Crippen LogP contribution in [0.5, 0.6) is 5.75 Å². The van der Waals surface area contributed by atoms with E-state index in [9.17, 15) is 14.0 Å². The van der Waals surface area contributed by atoms with Gasteiger partial charge in [0, 0.05) is 29.7 Å². The molecule has 1 aliphatic rings. The Balaban J connectivity index is 1.53. The maximum absolute atomic E-state index is 13.3. The SMILES string of the molecule is CCOc1cccc(NC(=O)[C@H]2CC(=O)N(CCc3ccc(F)cc3)C(=Nc3ccc(Cl)cc3)S2)c1. The lowest BCUT2D eigenvalue weighted by atomic mass is 10.1. The number of thioether (sulfide) groups is 1. The number of nitrogens with one attached hydrogen (secondary N) is 1. The summed E-state index contributed by atoms with van der Waals surface area (Å²) in [6.45, 7) is 2.76. The van der Waals surface area contributed by atoms with Gasteiger partial charge in [-0.1, -0.05) is 41.6 Å². The number of carbonyl (C=O) groups excluding carboxylic acids is 2. The molecular formula is C27H25ClFN3O3S. The predicted octanol–water partition coefficient (Wildman–Crippen LogP) is 6.08. The quantitative estimate of drug-likeness (QED) is 0.387. The van der Waals surface area contributed by atoms with Gasteiger partial charge >= 0.3 is 0 Å². The maximum atomic E-state index is 13.3. The molecule has 1 heterocycles. The summed E-state index contributed by atoms with van der Waals surface area (Å²) in [4.78, 5) is 32.5. The first-order valence-corrected chi connectivity index (χ1v) is 12.8. The summed E-state index contributed by atoms with van der Waals surface area (Å²) < 4.78 is 18.8. The summed E-state index contributed by atoms with van der Waals surface area (Å²) in [5.41, 5.74) is 2.11. The minimum atomic E-state index is -0.652. The molecule has 3 aromatic rings. The molecular weight excluding hydrogens is 501 g/mol. The van der Waals surface area contributed by atoms with Crippen molar-refractivity contribution in [2.24, 2.45) is 4.99 Å². The van der Waals surface area contributed by atoms with Crippen LogP contribution in [0.3, 0.4) is 0 Å². The van der Waals surface area contributed by atoms with Crippen molar-refractivity contribution in [3.8, 4) is 5.75 Å². The van der Waals surface area contributed by atoms with Crippen LogP contribution in [0, 0.1) is 5.82 Å². The molecule has 1 fully saturated rings. The first kappa shape index (κ1) is 25.7. The zero-order valence-electron chi connectivity index (χ0n) is 19.6. The molecule has 1 aliphatic heterocycles. The average molecular weight is 526 g/mol. The van der Waals surface area contributed by atoms with Gasteiger partial charge in [-0.2, -0.15) is 0 Å². The first-order valence-electron chi connectivity index (χ1n) is 11.5. The Morgan fingerprint density at radius 3 is 2.64 bits per heavy atom. The number of amides is 2. The Hall–Kier alpha value is -3.36. The molecule has 1 atom stereocenters. The van der Waals surface area contributed by atoms with Gasteiger partial charge in [0.15, 0.2) is 5.17 Å². The van der Waals surface area contributed by atoms with Gasteiger partial charge < -0.3 is 10.1 Å². The standard InChI is InChI=1S/C27H25ClFN3O3S/c1-2-35-23-5-3-4-22(16-23)30-26(34)24-17-25(33)32(15-14-18-6-10-20(29)11-7-18)27(36-24)31-21-12-8-19(28)9-13-21/h3-13,16,24H,2,14-15,17H2,1H3,(H,30,34)/t24-/m1/s1. The van der Waals surface area contributed by atoms with Gasteiger partial charge in [0.05, 0.1) is 12.3 Å². The van der Waals surface area contributed by atoms with Crippen molar-refractivity contribution in [3.63, 3.8) is 0 Å². The second-order valence-corrected chi connectivity index (χ2v) is 9.66. The van der Waals surface area contributed by atoms with E-state index >= 15 is 0 Å². The van der Waals surface area contributed by atoms with E-state index in [-0.39, 0.29) is 24.1 Å². The molecule has 1 saturated heterocycles. The number of hydrogen-bond acceptors (Lipinski definition) is 5. The highest BCUT2D eigenvalue weighted by atomic mass is 35.5. The number of benzene rings is 3. The van der Waals surface area contributed by atoms with Crippen LogP contribution in [0.4, 0.5) is 15.8 Å². The molecule has 0 bridgehead atoms. The van der Waals surface area contributed by atoms with Gasteiger partial charge in [-0.25, -0.2) is 9.38 Å². The van der Waals surface area contributed by atoms with Crippen molar-refractivity contribution in [1.29, 1.82) is 0 Å². The molecule has 36 heavy (non-hydrogen) atoms. The number of carbonyl (C=O) groups is 2. The molecule has 0 radical (unpaired) electrons. The van der Waals surface area contributed by atoms with E-state index in [1.54, 1.807) is 59.5 Å². The number of hydrogen-bond donors (Lipinski definition) is 1. The molecule has 0 aliphatic carbocycles. The Bertz CT molecular complexity index is 1250. The monoisotopic (exact) mass is 525 g/mol. The lowest BCUT2D eigenvalue weighted by Gasteiger charge is -2.32. The summed E-state index contributed by atoms with van der Waals surface area (Å²) >= 11 is 7.24. The van der Waals surface area contributed by atoms with Crippen LogP contribution in [0.25, 0.3) is 0 Å². The van der Waals surface area contributed by atoms with E-state index in [0.29, 0.717) is 46.9 Å². The fourth-order valence-electron chi connectivity index (χ4n) is 3.63. The van der Waals surface area contributed by atoms with E-state index in [1.165, 1.54) is 23.9 Å². The third-order valence-corrected chi connectivity index (χ3v) is 6.87. The number of halogens is 2. The topological polar surface area (TPSA) is 71.0 Å². The Morgan fingerprint density at radius 1 is 1.17 bits per heavy atom. The van der Waals surface area contributed by atoms with Gasteiger partial charge in [0.1, 0.15) is 16.8 Å². The zero-order chi connectivity index (χ0) is 25.5. The highest BCUT2D eigenvalue weighted by molar-refractivity contribution is 8.15. The zero-order valence-corrected chi connectivity index (χ0v) is 21.2. The summed E-state index contributed by atoms with van der Waals surface area (Å²) in [6, 6.07) is 20.2. The van der Waals surface area contributed by atoms with Crippen molar-refractivity contribution in [2.75, 3.05) is 18.5 Å². The smallest absolute Gasteiger partial charge is 0.238 e. The van der Waals surface area contributed by atoms with Crippen LogP contribution >= 0.6 is 23.4 Å². The van der Waals surface area contributed by atoms with Gasteiger partial charge in [0.2, 0.25) is 11.8 Å². The second kappa shape index (κ2) is 12.1. The molecule has 0 spiro atoms. The molecule has 0 unspecified atom stereocenters. The summed E-state index contributed by atoms with van der Waals surface area (Å²) in [7, 11) is 0. The van der Waals surface area contributed by atoms with Crippen molar-refractivity contribution in [1.82, 2.24) is 4.90 Å². The van der Waals surface area contributed by atoms with E-state index < -0.39 is 5.25 Å². The molecule has 186 valence electrons. The molecule has 2 amide bonds. The highest BCUT2D eigenvalue weighted by Gasteiger charge is 2.35. The Kier molecular flexibility index (Phi) is 8.61. The Labute approximate surface area is 218 Å². The number of nitrogens with zero attached hydrogens (tertiary/aromatic N) is 2. The number of rotatable bonds is 8. The van der Waals surface area contributed by atoms with Crippen molar-refractivity contribution in [3.05, 3.63) is 89.2 Å². The van der Waals surface area contributed by atoms with Crippen LogP contribution in [0.1, 0.15) is 18.9 Å². The summed E-state index contributed by atoms with van der Waals surface area (Å²) in [5, 5.41) is 3.24. The van der Waals surface area contributed by atoms with E-state index in [0.717, 1.165) is 5.56 Å². The molecule has 0 aromatic heterocycles. The maximum Gasteiger partial charge on any atom is 0.238 e. The van der Waals surface area contributed by atoms with Crippen LogP contribution in [0.2, 0.25) is 5.02 Å². The number of amidine groups is 1. The molecule has 0 saturated carbocycles. The van der Waals surface area contributed by atoms with Gasteiger partial charge in [-0.05, 0) is 67.4 Å². The average Bonchev–Trinajstić information content (AvgIpc) is 2.86. The van der Waals surface area contributed by atoms with Gasteiger partial charge in [-0.3, -0.25) is 14.5 Å². The van der Waals surface area contributed by atoms with Gasteiger partial charge in [0.25, 0.3) is 0 Å². The minimum Gasteiger partial charge on any atom is -0.494 e. The van der Waals surface area contributed by atoms with Crippen molar-refractivity contribution in [2.45, 2.75) is 25.0 Å². The van der Waals surface area contributed by atoms with E-state index in [1.807, 2.05) is 13.0 Å². The second-order valence-electron chi connectivity index (χ2n) is 8.05. The lowest BCUT2D eigenvalue weighted by Crippen LogP contribution is -2.46. The highest BCUT2D eigenvalue weighted by Crippen LogP contribution is 2.31. The normalized spacial score (nSPS) is 16.8.